The lowest BCUT2D eigenvalue weighted by Crippen LogP contribution is -2.29. The minimum atomic E-state index is -0.413. The molecule has 6 nitrogen and oxygen atoms in total. The maximum absolute atomic E-state index is 13.5. The Kier molecular flexibility index (Phi) is 4.74. The van der Waals surface area contributed by atoms with E-state index >= 15 is 0 Å². The molecule has 3 rings (SSSR count). The predicted molar refractivity (Wildman–Crippen MR) is 94.3 cm³/mol. The van der Waals surface area contributed by atoms with Crippen LogP contribution in [0, 0.1) is 12.7 Å². The SMILES string of the molecule is Cc1ccc(C(=O)NCCNc2nc3ccccc3c(=O)[nH]2)cc1F. The summed E-state index contributed by atoms with van der Waals surface area (Å²) in [5, 5.41) is 6.15. The number of halogens is 1. The maximum Gasteiger partial charge on any atom is 0.260 e. The molecule has 0 saturated heterocycles. The third-order valence-electron chi connectivity index (χ3n) is 3.75. The topological polar surface area (TPSA) is 86.9 Å². The first-order valence-electron chi connectivity index (χ1n) is 7.82. The number of aromatic nitrogens is 2. The summed E-state index contributed by atoms with van der Waals surface area (Å²) in [5.74, 6) is -0.441. The molecule has 0 fully saturated rings. The number of hydrogen-bond acceptors (Lipinski definition) is 4. The van der Waals surface area contributed by atoms with Crippen LogP contribution in [0.1, 0.15) is 15.9 Å². The summed E-state index contributed by atoms with van der Waals surface area (Å²) in [6.45, 7) is 2.30. The Hall–Kier alpha value is -3.22. The van der Waals surface area contributed by atoms with E-state index in [-0.39, 0.29) is 17.0 Å². The van der Waals surface area contributed by atoms with E-state index in [0.29, 0.717) is 35.5 Å². The third-order valence-corrected chi connectivity index (χ3v) is 3.75. The molecule has 1 amide bonds. The van der Waals surface area contributed by atoms with Crippen molar-refractivity contribution in [3.63, 3.8) is 0 Å². The maximum atomic E-state index is 13.5. The number of hydrogen-bond donors (Lipinski definition) is 3. The van der Waals surface area contributed by atoms with Gasteiger partial charge in [0.15, 0.2) is 0 Å². The number of carbonyl (C=O) groups excluding carboxylic acids is 1. The molecule has 3 aromatic rings. The van der Waals surface area contributed by atoms with Gasteiger partial charge in [0.1, 0.15) is 5.82 Å². The molecule has 0 aliphatic heterocycles. The number of para-hydroxylation sites is 1. The van der Waals surface area contributed by atoms with Crippen LogP contribution in [0.5, 0.6) is 0 Å². The van der Waals surface area contributed by atoms with Crippen LogP contribution in [0.3, 0.4) is 0 Å². The van der Waals surface area contributed by atoms with Crippen molar-refractivity contribution >= 4 is 22.8 Å². The Balaban J connectivity index is 1.57. The Bertz CT molecular complexity index is 984. The van der Waals surface area contributed by atoms with Crippen LogP contribution in [-0.4, -0.2) is 29.0 Å². The molecule has 0 aliphatic carbocycles. The van der Waals surface area contributed by atoms with Gasteiger partial charge >= 0.3 is 0 Å². The molecule has 0 bridgehead atoms. The van der Waals surface area contributed by atoms with Gasteiger partial charge in [-0.3, -0.25) is 14.6 Å². The molecular weight excluding hydrogens is 323 g/mol. The normalized spacial score (nSPS) is 10.6. The van der Waals surface area contributed by atoms with E-state index in [1.165, 1.54) is 6.07 Å². The van der Waals surface area contributed by atoms with Crippen molar-refractivity contribution in [1.29, 1.82) is 0 Å². The summed E-state index contributed by atoms with van der Waals surface area (Å²) in [6, 6.07) is 11.4. The van der Waals surface area contributed by atoms with Crippen LogP contribution in [0.25, 0.3) is 10.9 Å². The van der Waals surface area contributed by atoms with Crippen molar-refractivity contribution in [3.8, 4) is 0 Å². The number of nitrogens with one attached hydrogen (secondary N) is 3. The van der Waals surface area contributed by atoms with Crippen LogP contribution in [0.15, 0.2) is 47.3 Å². The standard InChI is InChI=1S/C18H17FN4O2/c1-11-6-7-12(10-14(11)19)16(24)20-8-9-21-18-22-15-5-3-2-4-13(15)17(25)23-18/h2-7,10H,8-9H2,1H3,(H,20,24)(H2,21,22,23,25). The Morgan fingerprint density at radius 3 is 2.80 bits per heavy atom. The fourth-order valence-electron chi connectivity index (χ4n) is 2.36. The molecule has 0 aliphatic rings. The minimum Gasteiger partial charge on any atom is -0.354 e. The predicted octanol–water partition coefficient (Wildman–Crippen LogP) is 2.21. The lowest BCUT2D eigenvalue weighted by atomic mass is 10.1. The second-order valence-electron chi connectivity index (χ2n) is 5.58. The number of aromatic amines is 1. The number of fused-ring (bicyclic) bond motifs is 1. The lowest BCUT2D eigenvalue weighted by Gasteiger charge is -2.08. The monoisotopic (exact) mass is 340 g/mol. The number of nitrogens with zero attached hydrogens (tertiary/aromatic N) is 1. The first-order valence-corrected chi connectivity index (χ1v) is 7.82. The Morgan fingerprint density at radius 1 is 1.20 bits per heavy atom. The van der Waals surface area contributed by atoms with Crippen LogP contribution in [0.2, 0.25) is 0 Å². The molecule has 2 aromatic carbocycles. The average Bonchev–Trinajstić information content (AvgIpc) is 2.61. The van der Waals surface area contributed by atoms with E-state index in [1.54, 1.807) is 43.3 Å². The van der Waals surface area contributed by atoms with Crippen molar-refractivity contribution in [2.45, 2.75) is 6.92 Å². The first-order chi connectivity index (χ1) is 12.0. The number of H-pyrrole nitrogens is 1. The van der Waals surface area contributed by atoms with Crippen LogP contribution >= 0.6 is 0 Å². The summed E-state index contributed by atoms with van der Waals surface area (Å²) < 4.78 is 13.5. The number of aryl methyl sites for hydroxylation is 1. The molecular formula is C18H17FN4O2. The van der Waals surface area contributed by atoms with Crippen molar-refractivity contribution in [1.82, 2.24) is 15.3 Å². The van der Waals surface area contributed by atoms with Gasteiger partial charge in [-0.1, -0.05) is 18.2 Å². The fourth-order valence-corrected chi connectivity index (χ4v) is 2.36. The van der Waals surface area contributed by atoms with Gasteiger partial charge < -0.3 is 10.6 Å². The molecule has 25 heavy (non-hydrogen) atoms. The van der Waals surface area contributed by atoms with Gasteiger partial charge in [-0.25, -0.2) is 9.37 Å². The van der Waals surface area contributed by atoms with E-state index in [4.69, 9.17) is 0 Å². The molecule has 0 unspecified atom stereocenters. The molecule has 0 atom stereocenters. The van der Waals surface area contributed by atoms with Crippen LogP contribution in [-0.2, 0) is 0 Å². The summed E-state index contributed by atoms with van der Waals surface area (Å²) in [4.78, 5) is 30.9. The second-order valence-corrected chi connectivity index (χ2v) is 5.58. The van der Waals surface area contributed by atoms with Crippen molar-refractivity contribution in [2.24, 2.45) is 0 Å². The van der Waals surface area contributed by atoms with E-state index < -0.39 is 5.82 Å². The van der Waals surface area contributed by atoms with Crippen molar-refractivity contribution in [3.05, 3.63) is 69.8 Å². The van der Waals surface area contributed by atoms with Crippen LogP contribution in [0.4, 0.5) is 10.3 Å². The smallest absolute Gasteiger partial charge is 0.260 e. The molecule has 128 valence electrons. The number of amides is 1. The lowest BCUT2D eigenvalue weighted by molar-refractivity contribution is 0.0954. The summed E-state index contributed by atoms with van der Waals surface area (Å²) in [7, 11) is 0. The molecule has 0 radical (unpaired) electrons. The minimum absolute atomic E-state index is 0.229. The molecule has 1 heterocycles. The molecule has 0 saturated carbocycles. The highest BCUT2D eigenvalue weighted by molar-refractivity contribution is 5.94. The van der Waals surface area contributed by atoms with E-state index in [1.807, 2.05) is 0 Å². The third kappa shape index (κ3) is 3.82. The summed E-state index contributed by atoms with van der Waals surface area (Å²) in [5.41, 5.74) is 1.12. The molecule has 7 heteroatoms. The largest absolute Gasteiger partial charge is 0.354 e. The van der Waals surface area contributed by atoms with E-state index in [0.717, 1.165) is 0 Å². The highest BCUT2D eigenvalue weighted by Gasteiger charge is 2.08. The number of carbonyl (C=O) groups is 1. The van der Waals surface area contributed by atoms with E-state index in [9.17, 15) is 14.0 Å². The number of anilines is 1. The highest BCUT2D eigenvalue weighted by Crippen LogP contribution is 2.09. The fraction of sp³-hybridized carbons (Fsp3) is 0.167. The van der Waals surface area contributed by atoms with Crippen molar-refractivity contribution in [2.75, 3.05) is 18.4 Å². The van der Waals surface area contributed by atoms with Gasteiger partial charge in [-0.2, -0.15) is 0 Å². The number of rotatable bonds is 5. The van der Waals surface area contributed by atoms with E-state index in [2.05, 4.69) is 20.6 Å². The average molecular weight is 340 g/mol. The molecule has 3 N–H and O–H groups in total. The zero-order valence-electron chi connectivity index (χ0n) is 13.6. The highest BCUT2D eigenvalue weighted by atomic mass is 19.1. The zero-order chi connectivity index (χ0) is 17.8. The quantitative estimate of drug-likeness (QED) is 0.622. The van der Waals surface area contributed by atoms with Gasteiger partial charge in [0.25, 0.3) is 11.5 Å². The molecule has 1 aromatic heterocycles. The van der Waals surface area contributed by atoms with Gasteiger partial charge in [0.05, 0.1) is 10.9 Å². The summed E-state index contributed by atoms with van der Waals surface area (Å²) in [6.07, 6.45) is 0. The van der Waals surface area contributed by atoms with Gasteiger partial charge in [-0.05, 0) is 36.8 Å². The second kappa shape index (κ2) is 7.12. The Labute approximate surface area is 143 Å². The van der Waals surface area contributed by atoms with Gasteiger partial charge in [-0.15, -0.1) is 0 Å². The van der Waals surface area contributed by atoms with Crippen LogP contribution < -0.4 is 16.2 Å². The summed E-state index contributed by atoms with van der Waals surface area (Å²) >= 11 is 0. The van der Waals surface area contributed by atoms with Gasteiger partial charge in [0, 0.05) is 18.7 Å². The zero-order valence-corrected chi connectivity index (χ0v) is 13.6. The Morgan fingerprint density at radius 2 is 2.00 bits per heavy atom. The van der Waals surface area contributed by atoms with Gasteiger partial charge in [0.2, 0.25) is 5.95 Å². The van der Waals surface area contributed by atoms with Crippen molar-refractivity contribution < 1.29 is 9.18 Å². The first kappa shape index (κ1) is 16.6. The number of benzene rings is 2. The molecule has 0 spiro atoms.